The second-order valence-corrected chi connectivity index (χ2v) is 7.29. The monoisotopic (exact) mass is 424 g/mol. The molecule has 4 aromatic rings. The molecule has 0 spiro atoms. The number of fused-ring (bicyclic) bond motifs is 1. The topological polar surface area (TPSA) is 64.4 Å². The fraction of sp³-hybridized carbons (Fsp3) is 0.130. The van der Waals surface area contributed by atoms with E-state index in [4.69, 9.17) is 20.8 Å². The number of carbonyl (C=O) groups is 1. The van der Waals surface area contributed by atoms with Crippen LogP contribution in [0.5, 0.6) is 5.75 Å². The van der Waals surface area contributed by atoms with E-state index in [2.05, 4.69) is 10.3 Å². The summed E-state index contributed by atoms with van der Waals surface area (Å²) >= 11 is 6.15. The molecule has 3 aromatic carbocycles. The van der Waals surface area contributed by atoms with Gasteiger partial charge in [-0.25, -0.2) is 9.37 Å². The van der Waals surface area contributed by atoms with Crippen molar-refractivity contribution in [3.63, 3.8) is 0 Å². The Balaban J connectivity index is 1.44. The molecule has 30 heavy (non-hydrogen) atoms. The van der Waals surface area contributed by atoms with Crippen molar-refractivity contribution in [1.29, 1.82) is 0 Å². The summed E-state index contributed by atoms with van der Waals surface area (Å²) in [5.41, 5.74) is 4.16. The zero-order chi connectivity index (χ0) is 21.3. The van der Waals surface area contributed by atoms with Gasteiger partial charge < -0.3 is 14.5 Å². The van der Waals surface area contributed by atoms with Crippen molar-refractivity contribution in [2.24, 2.45) is 0 Å². The number of hydrogen-bond acceptors (Lipinski definition) is 4. The first kappa shape index (κ1) is 19.9. The lowest BCUT2D eigenvalue weighted by molar-refractivity contribution is -0.118. The quantitative estimate of drug-likeness (QED) is 0.431. The molecule has 1 heterocycles. The molecule has 1 N–H and O–H groups in total. The van der Waals surface area contributed by atoms with Gasteiger partial charge in [-0.15, -0.1) is 0 Å². The molecule has 0 aliphatic heterocycles. The Morgan fingerprint density at radius 1 is 1.10 bits per heavy atom. The number of rotatable bonds is 5. The van der Waals surface area contributed by atoms with E-state index in [1.165, 1.54) is 12.1 Å². The second kappa shape index (κ2) is 8.16. The zero-order valence-electron chi connectivity index (χ0n) is 16.3. The molecular weight excluding hydrogens is 407 g/mol. The van der Waals surface area contributed by atoms with Crippen molar-refractivity contribution in [3.8, 4) is 17.2 Å². The Morgan fingerprint density at radius 2 is 1.80 bits per heavy atom. The van der Waals surface area contributed by atoms with Crippen molar-refractivity contribution in [2.75, 3.05) is 11.9 Å². The van der Waals surface area contributed by atoms with Crippen LogP contribution in [0.3, 0.4) is 0 Å². The highest BCUT2D eigenvalue weighted by atomic mass is 35.5. The van der Waals surface area contributed by atoms with E-state index in [0.717, 1.165) is 11.1 Å². The summed E-state index contributed by atoms with van der Waals surface area (Å²) in [6.07, 6.45) is 0. The number of carbonyl (C=O) groups excluding carboxylic acids is 1. The third-order valence-corrected chi connectivity index (χ3v) is 5.14. The Kier molecular flexibility index (Phi) is 5.42. The van der Waals surface area contributed by atoms with Gasteiger partial charge in [0.2, 0.25) is 5.89 Å². The Labute approximate surface area is 177 Å². The summed E-state index contributed by atoms with van der Waals surface area (Å²) in [6, 6.07) is 14.6. The lowest BCUT2D eigenvalue weighted by Gasteiger charge is -2.10. The number of halogens is 2. The first-order chi connectivity index (χ1) is 14.4. The number of ether oxygens (including phenoxy) is 1. The molecule has 0 bridgehead atoms. The van der Waals surface area contributed by atoms with Gasteiger partial charge in [0.15, 0.2) is 12.2 Å². The van der Waals surface area contributed by atoms with E-state index in [-0.39, 0.29) is 18.3 Å². The van der Waals surface area contributed by atoms with Crippen molar-refractivity contribution in [3.05, 3.63) is 76.6 Å². The van der Waals surface area contributed by atoms with Crippen LogP contribution < -0.4 is 10.1 Å². The van der Waals surface area contributed by atoms with Crippen LogP contribution in [0.4, 0.5) is 10.1 Å². The number of oxazole rings is 1. The molecule has 0 saturated carbocycles. The number of nitrogens with zero attached hydrogens (tertiary/aromatic N) is 1. The fourth-order valence-corrected chi connectivity index (χ4v) is 3.17. The number of nitrogens with one attached hydrogen (secondary N) is 1. The standard InChI is InChI=1S/C23H18ClFN2O3/c1-13-9-18(10-14(2)22(13)24)29-12-21(28)26-17-7-8-20-19(11-17)27-23(30-20)15-3-5-16(25)6-4-15/h3-11H,12H2,1-2H3,(H,26,28). The highest BCUT2D eigenvalue weighted by molar-refractivity contribution is 6.32. The highest BCUT2D eigenvalue weighted by Gasteiger charge is 2.11. The highest BCUT2D eigenvalue weighted by Crippen LogP contribution is 2.27. The largest absolute Gasteiger partial charge is 0.484 e. The van der Waals surface area contributed by atoms with Crippen LogP contribution in [0, 0.1) is 19.7 Å². The molecule has 0 aliphatic carbocycles. The van der Waals surface area contributed by atoms with E-state index in [9.17, 15) is 9.18 Å². The lowest BCUT2D eigenvalue weighted by atomic mass is 10.1. The molecule has 7 heteroatoms. The van der Waals surface area contributed by atoms with Gasteiger partial charge in [0.25, 0.3) is 5.91 Å². The molecule has 1 aromatic heterocycles. The Bertz CT molecular complexity index is 1210. The van der Waals surface area contributed by atoms with Gasteiger partial charge in [0, 0.05) is 16.3 Å². The van der Waals surface area contributed by atoms with Crippen LogP contribution in [0.25, 0.3) is 22.6 Å². The summed E-state index contributed by atoms with van der Waals surface area (Å²) in [5.74, 6) is 0.332. The van der Waals surface area contributed by atoms with Crippen LogP contribution in [-0.2, 0) is 4.79 Å². The van der Waals surface area contributed by atoms with Gasteiger partial charge in [-0.3, -0.25) is 4.79 Å². The Morgan fingerprint density at radius 3 is 2.50 bits per heavy atom. The van der Waals surface area contributed by atoms with Crippen LogP contribution in [0.15, 0.2) is 59.0 Å². The molecule has 0 unspecified atom stereocenters. The molecule has 0 saturated heterocycles. The maximum atomic E-state index is 13.1. The summed E-state index contributed by atoms with van der Waals surface area (Å²) in [4.78, 5) is 16.7. The van der Waals surface area contributed by atoms with E-state index in [1.54, 1.807) is 42.5 Å². The molecule has 0 fully saturated rings. The van der Waals surface area contributed by atoms with E-state index in [1.807, 2.05) is 13.8 Å². The first-order valence-corrected chi connectivity index (χ1v) is 9.63. The molecular formula is C23H18ClFN2O3. The van der Waals surface area contributed by atoms with Gasteiger partial charge in [-0.2, -0.15) is 0 Å². The number of aromatic nitrogens is 1. The van der Waals surface area contributed by atoms with E-state index < -0.39 is 0 Å². The third kappa shape index (κ3) is 4.28. The zero-order valence-corrected chi connectivity index (χ0v) is 17.1. The van der Waals surface area contributed by atoms with Crippen LogP contribution in [-0.4, -0.2) is 17.5 Å². The molecule has 5 nitrogen and oxygen atoms in total. The van der Waals surface area contributed by atoms with Crippen molar-refractivity contribution in [2.45, 2.75) is 13.8 Å². The second-order valence-electron chi connectivity index (χ2n) is 6.92. The minimum absolute atomic E-state index is 0.141. The van der Waals surface area contributed by atoms with Crippen LogP contribution >= 0.6 is 11.6 Å². The molecule has 0 atom stereocenters. The van der Waals surface area contributed by atoms with Gasteiger partial charge in [-0.05, 0) is 79.6 Å². The van der Waals surface area contributed by atoms with Crippen molar-refractivity contribution >= 4 is 34.3 Å². The molecule has 0 radical (unpaired) electrons. The molecule has 4 rings (SSSR count). The SMILES string of the molecule is Cc1cc(OCC(=O)Nc2ccc3oc(-c4ccc(F)cc4)nc3c2)cc(C)c1Cl. The van der Waals surface area contributed by atoms with E-state index in [0.29, 0.717) is 39.0 Å². The van der Waals surface area contributed by atoms with Gasteiger partial charge >= 0.3 is 0 Å². The summed E-state index contributed by atoms with van der Waals surface area (Å²) < 4.78 is 24.4. The minimum atomic E-state index is -0.328. The predicted molar refractivity (Wildman–Crippen MR) is 114 cm³/mol. The normalized spacial score (nSPS) is 10.9. The summed E-state index contributed by atoms with van der Waals surface area (Å²) in [5, 5.41) is 3.47. The van der Waals surface area contributed by atoms with Gasteiger partial charge in [-0.1, -0.05) is 11.6 Å². The van der Waals surface area contributed by atoms with Gasteiger partial charge in [0.1, 0.15) is 17.1 Å². The lowest BCUT2D eigenvalue weighted by Crippen LogP contribution is -2.20. The Hall–Kier alpha value is -3.38. The summed E-state index contributed by atoms with van der Waals surface area (Å²) in [7, 11) is 0. The third-order valence-electron chi connectivity index (χ3n) is 4.54. The maximum absolute atomic E-state index is 13.1. The minimum Gasteiger partial charge on any atom is -0.484 e. The average Bonchev–Trinajstić information content (AvgIpc) is 3.14. The number of benzene rings is 3. The number of amides is 1. The van der Waals surface area contributed by atoms with Crippen LogP contribution in [0.2, 0.25) is 5.02 Å². The average molecular weight is 425 g/mol. The van der Waals surface area contributed by atoms with E-state index >= 15 is 0 Å². The number of aryl methyl sites for hydroxylation is 2. The maximum Gasteiger partial charge on any atom is 0.262 e. The molecule has 1 amide bonds. The summed E-state index contributed by atoms with van der Waals surface area (Å²) in [6.45, 7) is 3.63. The molecule has 0 aliphatic rings. The van der Waals surface area contributed by atoms with Gasteiger partial charge in [0.05, 0.1) is 0 Å². The predicted octanol–water partition coefficient (Wildman–Crippen LogP) is 5.92. The smallest absolute Gasteiger partial charge is 0.262 e. The first-order valence-electron chi connectivity index (χ1n) is 9.25. The molecule has 152 valence electrons. The fourth-order valence-electron chi connectivity index (χ4n) is 3.06. The number of anilines is 1. The van der Waals surface area contributed by atoms with Crippen LogP contribution in [0.1, 0.15) is 11.1 Å². The van der Waals surface area contributed by atoms with Crippen molar-refractivity contribution in [1.82, 2.24) is 4.98 Å². The van der Waals surface area contributed by atoms with Crippen molar-refractivity contribution < 1.29 is 18.3 Å². The number of hydrogen-bond donors (Lipinski definition) is 1.